The van der Waals surface area contributed by atoms with Crippen molar-refractivity contribution >= 4 is 0 Å². The maximum atomic E-state index is 6.06. The average molecular weight is 242 g/mol. The van der Waals surface area contributed by atoms with Crippen LogP contribution in [0.2, 0.25) is 0 Å². The Hall–Kier alpha value is -0.0800. The van der Waals surface area contributed by atoms with Gasteiger partial charge in [-0.05, 0) is 31.6 Å². The highest BCUT2D eigenvalue weighted by atomic mass is 16.5. The summed E-state index contributed by atoms with van der Waals surface area (Å²) in [6.07, 6.45) is 5.75. The molecule has 0 N–H and O–H groups in total. The molecule has 1 rings (SSSR count). The Labute approximate surface area is 107 Å². The van der Waals surface area contributed by atoms with E-state index in [1.54, 1.807) is 0 Å². The topological polar surface area (TPSA) is 18.5 Å². The van der Waals surface area contributed by atoms with Gasteiger partial charge < -0.3 is 9.47 Å². The van der Waals surface area contributed by atoms with E-state index in [2.05, 4.69) is 34.6 Å². The summed E-state index contributed by atoms with van der Waals surface area (Å²) in [5.74, 6) is 1.21. The summed E-state index contributed by atoms with van der Waals surface area (Å²) in [6, 6.07) is 0. The first-order valence-electron chi connectivity index (χ1n) is 7.38. The molecule has 0 amide bonds. The molecule has 1 saturated heterocycles. The Bertz CT molecular complexity index is 205. The standard InChI is InChI=1S/C15H30O2/c1-6-8-9-10-16-15-12(4)11(3)14(7-2)17-13(15)5/h11-15H,6-10H2,1-5H3/t11-,12-,13?,14?,15+/m0/s1. The van der Waals surface area contributed by atoms with Crippen LogP contribution in [-0.4, -0.2) is 24.9 Å². The lowest BCUT2D eigenvalue weighted by atomic mass is 9.81. The fourth-order valence-electron chi connectivity index (χ4n) is 2.87. The average Bonchev–Trinajstić information content (AvgIpc) is 2.32. The Kier molecular flexibility index (Phi) is 6.50. The molecular formula is C15H30O2. The van der Waals surface area contributed by atoms with Crippen LogP contribution in [-0.2, 0) is 9.47 Å². The van der Waals surface area contributed by atoms with E-state index in [0.29, 0.717) is 17.9 Å². The molecular weight excluding hydrogens is 212 g/mol. The van der Waals surface area contributed by atoms with Crippen LogP contribution in [0.5, 0.6) is 0 Å². The minimum absolute atomic E-state index is 0.243. The summed E-state index contributed by atoms with van der Waals surface area (Å²) in [7, 11) is 0. The van der Waals surface area contributed by atoms with Gasteiger partial charge in [-0.3, -0.25) is 0 Å². The second kappa shape index (κ2) is 7.38. The highest BCUT2D eigenvalue weighted by Gasteiger charge is 2.38. The largest absolute Gasteiger partial charge is 0.375 e. The summed E-state index contributed by atoms with van der Waals surface area (Å²) in [6.45, 7) is 12.1. The molecule has 1 aliphatic heterocycles. The van der Waals surface area contributed by atoms with Crippen molar-refractivity contribution in [3.63, 3.8) is 0 Å². The Morgan fingerprint density at radius 1 is 1.00 bits per heavy atom. The number of ether oxygens (including phenoxy) is 2. The van der Waals surface area contributed by atoms with Crippen LogP contribution in [0.3, 0.4) is 0 Å². The molecule has 0 aliphatic carbocycles. The van der Waals surface area contributed by atoms with E-state index < -0.39 is 0 Å². The monoisotopic (exact) mass is 242 g/mol. The second-order valence-corrected chi connectivity index (χ2v) is 5.55. The quantitative estimate of drug-likeness (QED) is 0.655. The first-order chi connectivity index (χ1) is 8.11. The number of hydrogen-bond donors (Lipinski definition) is 0. The van der Waals surface area contributed by atoms with Gasteiger partial charge in [-0.2, -0.15) is 0 Å². The fourth-order valence-corrected chi connectivity index (χ4v) is 2.87. The van der Waals surface area contributed by atoms with Crippen molar-refractivity contribution in [3.8, 4) is 0 Å². The second-order valence-electron chi connectivity index (χ2n) is 5.55. The van der Waals surface area contributed by atoms with Crippen molar-refractivity contribution in [2.45, 2.75) is 78.6 Å². The van der Waals surface area contributed by atoms with E-state index in [-0.39, 0.29) is 12.2 Å². The molecule has 2 nitrogen and oxygen atoms in total. The van der Waals surface area contributed by atoms with Crippen molar-refractivity contribution in [2.24, 2.45) is 11.8 Å². The molecule has 2 unspecified atom stereocenters. The zero-order valence-electron chi connectivity index (χ0n) is 12.2. The highest BCUT2D eigenvalue weighted by Crippen LogP contribution is 2.33. The SMILES string of the molecule is CCCCCO[C@H]1C(C)OC(CC)[C@@H](C)[C@@H]1C. The van der Waals surface area contributed by atoms with Gasteiger partial charge in [0.2, 0.25) is 0 Å². The van der Waals surface area contributed by atoms with E-state index in [0.717, 1.165) is 13.0 Å². The molecule has 1 fully saturated rings. The van der Waals surface area contributed by atoms with Crippen molar-refractivity contribution in [3.05, 3.63) is 0 Å². The van der Waals surface area contributed by atoms with Crippen molar-refractivity contribution in [1.82, 2.24) is 0 Å². The first-order valence-corrected chi connectivity index (χ1v) is 7.38. The van der Waals surface area contributed by atoms with Crippen LogP contribution in [0, 0.1) is 11.8 Å². The van der Waals surface area contributed by atoms with Gasteiger partial charge in [0, 0.05) is 6.61 Å². The molecule has 0 bridgehead atoms. The maximum absolute atomic E-state index is 6.06. The molecule has 102 valence electrons. The maximum Gasteiger partial charge on any atom is 0.0862 e. The zero-order chi connectivity index (χ0) is 12.8. The third-order valence-corrected chi connectivity index (χ3v) is 4.25. The molecule has 2 heteroatoms. The minimum Gasteiger partial charge on any atom is -0.375 e. The van der Waals surface area contributed by atoms with Gasteiger partial charge in [-0.15, -0.1) is 0 Å². The van der Waals surface area contributed by atoms with Crippen molar-refractivity contribution < 1.29 is 9.47 Å². The van der Waals surface area contributed by atoms with Gasteiger partial charge in [0.05, 0.1) is 18.3 Å². The summed E-state index contributed by atoms with van der Waals surface area (Å²) in [5.41, 5.74) is 0. The predicted octanol–water partition coefficient (Wildman–Crippen LogP) is 4.03. The molecule has 0 radical (unpaired) electrons. The Morgan fingerprint density at radius 2 is 1.71 bits per heavy atom. The van der Waals surface area contributed by atoms with Crippen molar-refractivity contribution in [2.75, 3.05) is 6.61 Å². The molecule has 5 atom stereocenters. The molecule has 0 saturated carbocycles. The van der Waals surface area contributed by atoms with E-state index in [4.69, 9.17) is 9.47 Å². The third-order valence-electron chi connectivity index (χ3n) is 4.25. The Morgan fingerprint density at radius 3 is 2.29 bits per heavy atom. The molecule has 0 aromatic rings. The van der Waals surface area contributed by atoms with Gasteiger partial charge in [-0.1, -0.05) is 40.5 Å². The van der Waals surface area contributed by atoms with Crippen LogP contribution >= 0.6 is 0 Å². The third kappa shape index (κ3) is 3.96. The van der Waals surface area contributed by atoms with E-state index in [1.807, 2.05) is 0 Å². The van der Waals surface area contributed by atoms with Gasteiger partial charge in [-0.25, -0.2) is 0 Å². The van der Waals surface area contributed by atoms with Crippen LogP contribution in [0.1, 0.15) is 60.3 Å². The van der Waals surface area contributed by atoms with Gasteiger partial charge >= 0.3 is 0 Å². The van der Waals surface area contributed by atoms with E-state index in [1.165, 1.54) is 19.3 Å². The molecule has 0 aromatic carbocycles. The van der Waals surface area contributed by atoms with Crippen LogP contribution in [0.15, 0.2) is 0 Å². The van der Waals surface area contributed by atoms with E-state index >= 15 is 0 Å². The summed E-state index contributed by atoms with van der Waals surface area (Å²) in [4.78, 5) is 0. The zero-order valence-corrected chi connectivity index (χ0v) is 12.2. The lowest BCUT2D eigenvalue weighted by Crippen LogP contribution is -2.49. The fraction of sp³-hybridized carbons (Fsp3) is 1.00. The van der Waals surface area contributed by atoms with Gasteiger partial charge in [0.25, 0.3) is 0 Å². The van der Waals surface area contributed by atoms with Crippen LogP contribution in [0.4, 0.5) is 0 Å². The molecule has 1 aliphatic rings. The van der Waals surface area contributed by atoms with Gasteiger partial charge in [0.15, 0.2) is 0 Å². The smallest absolute Gasteiger partial charge is 0.0862 e. The molecule has 0 spiro atoms. The predicted molar refractivity (Wildman–Crippen MR) is 72.2 cm³/mol. The molecule has 17 heavy (non-hydrogen) atoms. The van der Waals surface area contributed by atoms with Crippen molar-refractivity contribution in [1.29, 1.82) is 0 Å². The van der Waals surface area contributed by atoms with Crippen LogP contribution in [0.25, 0.3) is 0 Å². The van der Waals surface area contributed by atoms with E-state index in [9.17, 15) is 0 Å². The number of rotatable bonds is 6. The first kappa shape index (κ1) is 15.0. The summed E-state index contributed by atoms with van der Waals surface area (Å²) >= 11 is 0. The number of hydrogen-bond acceptors (Lipinski definition) is 2. The Balaban J connectivity index is 2.43. The van der Waals surface area contributed by atoms with Crippen LogP contribution < -0.4 is 0 Å². The summed E-state index contributed by atoms with van der Waals surface area (Å²) < 4.78 is 12.1. The minimum atomic E-state index is 0.243. The highest BCUT2D eigenvalue weighted by molar-refractivity contribution is 4.86. The molecule has 0 aromatic heterocycles. The lowest BCUT2D eigenvalue weighted by Gasteiger charge is -2.43. The lowest BCUT2D eigenvalue weighted by molar-refractivity contribution is -0.181. The normalized spacial score (nSPS) is 38.3. The molecule has 1 heterocycles. The number of unbranched alkanes of at least 4 members (excludes halogenated alkanes) is 2. The summed E-state index contributed by atoms with van der Waals surface area (Å²) in [5, 5.41) is 0. The van der Waals surface area contributed by atoms with Gasteiger partial charge in [0.1, 0.15) is 0 Å².